The van der Waals surface area contributed by atoms with Gasteiger partial charge in [0.1, 0.15) is 0 Å². The van der Waals surface area contributed by atoms with Gasteiger partial charge in [-0.2, -0.15) is 0 Å². The van der Waals surface area contributed by atoms with E-state index in [1.165, 1.54) is 24.0 Å². The average Bonchev–Trinajstić information content (AvgIpc) is 2.19. The maximum atomic E-state index is 2.26. The molecule has 0 unspecified atom stereocenters. The second-order valence-corrected chi connectivity index (χ2v) is 3.29. The lowest BCUT2D eigenvalue weighted by atomic mass is 10.1. The van der Waals surface area contributed by atoms with E-state index in [2.05, 4.69) is 50.3 Å². The summed E-state index contributed by atoms with van der Waals surface area (Å²) in [6.07, 6.45) is 7.98. The van der Waals surface area contributed by atoms with E-state index in [0.29, 0.717) is 0 Å². The molecular formula is C13H18. The molecule has 1 aromatic rings. The van der Waals surface area contributed by atoms with E-state index >= 15 is 0 Å². The van der Waals surface area contributed by atoms with Gasteiger partial charge in [-0.25, -0.2) is 0 Å². The molecule has 0 aliphatic carbocycles. The Bertz CT molecular complexity index is 271. The van der Waals surface area contributed by atoms with Crippen LogP contribution in [0.4, 0.5) is 0 Å². The number of hydrogen-bond donors (Lipinski definition) is 0. The minimum atomic E-state index is 1.12. The van der Waals surface area contributed by atoms with Gasteiger partial charge in [0, 0.05) is 0 Å². The van der Waals surface area contributed by atoms with Crippen LogP contribution in [0.2, 0.25) is 0 Å². The highest BCUT2D eigenvalue weighted by Gasteiger charge is 1.89. The SMILES string of the molecule is CCC/C=C/c1cccc(CC)c1. The number of aryl methyl sites for hydroxylation is 1. The Hall–Kier alpha value is -1.04. The number of hydrogen-bond acceptors (Lipinski definition) is 0. The zero-order chi connectivity index (χ0) is 9.52. The largest absolute Gasteiger partial charge is 0.0840 e. The van der Waals surface area contributed by atoms with Crippen LogP contribution in [0.25, 0.3) is 6.08 Å². The summed E-state index contributed by atoms with van der Waals surface area (Å²) in [6.45, 7) is 4.39. The number of allylic oxidation sites excluding steroid dienone is 1. The van der Waals surface area contributed by atoms with E-state index in [-0.39, 0.29) is 0 Å². The van der Waals surface area contributed by atoms with Crippen LogP contribution in [0.3, 0.4) is 0 Å². The molecule has 0 saturated heterocycles. The van der Waals surface area contributed by atoms with Crippen molar-refractivity contribution in [3.8, 4) is 0 Å². The molecule has 0 amide bonds. The van der Waals surface area contributed by atoms with Crippen LogP contribution in [0, 0.1) is 0 Å². The first-order valence-electron chi connectivity index (χ1n) is 5.12. The predicted octanol–water partition coefficient (Wildman–Crippen LogP) is 4.06. The summed E-state index contributed by atoms with van der Waals surface area (Å²) >= 11 is 0. The fraction of sp³-hybridized carbons (Fsp3) is 0.385. The third-order valence-electron chi connectivity index (χ3n) is 2.12. The molecule has 0 atom stereocenters. The van der Waals surface area contributed by atoms with Crippen molar-refractivity contribution in [3.63, 3.8) is 0 Å². The molecule has 70 valence electrons. The highest BCUT2D eigenvalue weighted by atomic mass is 13.9. The summed E-state index contributed by atoms with van der Waals surface area (Å²) in [5, 5.41) is 0. The quantitative estimate of drug-likeness (QED) is 0.645. The zero-order valence-corrected chi connectivity index (χ0v) is 8.59. The van der Waals surface area contributed by atoms with Gasteiger partial charge in [-0.1, -0.05) is 56.7 Å². The van der Waals surface area contributed by atoms with Crippen LogP contribution in [-0.2, 0) is 6.42 Å². The Kier molecular flexibility index (Phi) is 4.31. The van der Waals surface area contributed by atoms with Gasteiger partial charge in [-0.3, -0.25) is 0 Å². The smallest absolute Gasteiger partial charge is 0.0257 e. The van der Waals surface area contributed by atoms with Crippen molar-refractivity contribution in [3.05, 3.63) is 41.5 Å². The monoisotopic (exact) mass is 174 g/mol. The third kappa shape index (κ3) is 3.45. The van der Waals surface area contributed by atoms with Crippen LogP contribution in [0.1, 0.15) is 37.8 Å². The summed E-state index contributed by atoms with van der Waals surface area (Å²) in [5.74, 6) is 0. The van der Waals surface area contributed by atoms with Gasteiger partial charge in [0.05, 0.1) is 0 Å². The number of unbranched alkanes of at least 4 members (excludes halogenated alkanes) is 1. The summed E-state index contributed by atoms with van der Waals surface area (Å²) in [7, 11) is 0. The van der Waals surface area contributed by atoms with Gasteiger partial charge in [0.2, 0.25) is 0 Å². The molecule has 0 aliphatic rings. The molecular weight excluding hydrogens is 156 g/mol. The van der Waals surface area contributed by atoms with Crippen molar-refractivity contribution < 1.29 is 0 Å². The Labute approximate surface area is 81.3 Å². The van der Waals surface area contributed by atoms with E-state index in [0.717, 1.165) is 6.42 Å². The molecule has 0 saturated carbocycles. The Morgan fingerprint density at radius 1 is 1.23 bits per heavy atom. The van der Waals surface area contributed by atoms with Crippen LogP contribution < -0.4 is 0 Å². The van der Waals surface area contributed by atoms with E-state index in [4.69, 9.17) is 0 Å². The van der Waals surface area contributed by atoms with Crippen molar-refractivity contribution in [1.29, 1.82) is 0 Å². The zero-order valence-electron chi connectivity index (χ0n) is 8.59. The van der Waals surface area contributed by atoms with Crippen LogP contribution >= 0.6 is 0 Å². The minimum absolute atomic E-state index is 1.12. The van der Waals surface area contributed by atoms with E-state index in [1.807, 2.05) is 0 Å². The van der Waals surface area contributed by atoms with Crippen molar-refractivity contribution >= 4 is 6.08 Å². The van der Waals surface area contributed by atoms with Gasteiger partial charge < -0.3 is 0 Å². The molecule has 13 heavy (non-hydrogen) atoms. The van der Waals surface area contributed by atoms with E-state index < -0.39 is 0 Å². The standard InChI is InChI=1S/C13H18/c1-3-5-6-8-13-10-7-9-12(4-2)11-13/h6-11H,3-5H2,1-2H3/b8-6+. The van der Waals surface area contributed by atoms with E-state index in [1.54, 1.807) is 0 Å². The van der Waals surface area contributed by atoms with Gasteiger partial charge in [-0.05, 0) is 24.0 Å². The third-order valence-corrected chi connectivity index (χ3v) is 2.12. The van der Waals surface area contributed by atoms with Crippen molar-refractivity contribution in [1.82, 2.24) is 0 Å². The molecule has 0 heterocycles. The Balaban J connectivity index is 2.66. The molecule has 0 spiro atoms. The average molecular weight is 174 g/mol. The van der Waals surface area contributed by atoms with Gasteiger partial charge in [0.25, 0.3) is 0 Å². The maximum Gasteiger partial charge on any atom is -0.0257 e. The van der Waals surface area contributed by atoms with Gasteiger partial charge in [0.15, 0.2) is 0 Å². The van der Waals surface area contributed by atoms with Crippen LogP contribution in [0.5, 0.6) is 0 Å². The molecule has 0 fully saturated rings. The molecule has 1 aromatic carbocycles. The molecule has 0 radical (unpaired) electrons. The van der Waals surface area contributed by atoms with Gasteiger partial charge >= 0.3 is 0 Å². The molecule has 0 bridgehead atoms. The fourth-order valence-corrected chi connectivity index (χ4v) is 1.30. The number of rotatable bonds is 4. The second kappa shape index (κ2) is 5.58. The first kappa shape index (κ1) is 10.0. The second-order valence-electron chi connectivity index (χ2n) is 3.29. The maximum absolute atomic E-state index is 2.26. The first-order valence-corrected chi connectivity index (χ1v) is 5.12. The molecule has 0 aliphatic heterocycles. The summed E-state index contributed by atoms with van der Waals surface area (Å²) in [4.78, 5) is 0. The topological polar surface area (TPSA) is 0 Å². The van der Waals surface area contributed by atoms with Gasteiger partial charge in [-0.15, -0.1) is 0 Å². The van der Waals surface area contributed by atoms with Crippen molar-refractivity contribution in [2.75, 3.05) is 0 Å². The molecule has 0 heteroatoms. The van der Waals surface area contributed by atoms with E-state index in [9.17, 15) is 0 Å². The van der Waals surface area contributed by atoms with Crippen molar-refractivity contribution in [2.45, 2.75) is 33.1 Å². The van der Waals surface area contributed by atoms with Crippen LogP contribution in [0.15, 0.2) is 30.3 Å². The first-order chi connectivity index (χ1) is 6.36. The fourth-order valence-electron chi connectivity index (χ4n) is 1.30. The lowest BCUT2D eigenvalue weighted by molar-refractivity contribution is 0.962. The highest BCUT2D eigenvalue weighted by molar-refractivity contribution is 5.50. The molecule has 0 nitrogen and oxygen atoms in total. The molecule has 1 rings (SSSR count). The highest BCUT2D eigenvalue weighted by Crippen LogP contribution is 2.08. The Morgan fingerprint density at radius 3 is 2.77 bits per heavy atom. The summed E-state index contributed by atoms with van der Waals surface area (Å²) in [5.41, 5.74) is 2.74. The normalized spacial score (nSPS) is 10.9. The summed E-state index contributed by atoms with van der Waals surface area (Å²) < 4.78 is 0. The molecule has 0 aromatic heterocycles. The lowest BCUT2D eigenvalue weighted by Gasteiger charge is -1.97. The predicted molar refractivity (Wildman–Crippen MR) is 59.8 cm³/mol. The van der Waals surface area contributed by atoms with Crippen molar-refractivity contribution in [2.24, 2.45) is 0 Å². The molecule has 0 N–H and O–H groups in total. The minimum Gasteiger partial charge on any atom is -0.0840 e. The lowest BCUT2D eigenvalue weighted by Crippen LogP contribution is -1.80. The summed E-state index contributed by atoms with van der Waals surface area (Å²) in [6, 6.07) is 8.72. The van der Waals surface area contributed by atoms with Crippen LogP contribution in [-0.4, -0.2) is 0 Å². The Morgan fingerprint density at radius 2 is 2.08 bits per heavy atom. The number of benzene rings is 1.